The zero-order chi connectivity index (χ0) is 17.8. The molecule has 0 spiro atoms. The predicted octanol–water partition coefficient (Wildman–Crippen LogP) is 3.43. The Morgan fingerprint density at radius 1 is 1.05 bits per heavy atom. The molecule has 0 rings (SSSR count). The smallest absolute Gasteiger partial charge is 0.185 e. The third kappa shape index (κ3) is 87.4. The van der Waals surface area contributed by atoms with E-state index in [1.54, 1.807) is 0 Å². The Labute approximate surface area is 132 Å². The first-order valence-electron chi connectivity index (χ1n) is 7.64. The number of aliphatic hydroxyl groups is 2. The van der Waals surface area contributed by atoms with Crippen molar-refractivity contribution in [3.8, 4) is 0 Å². The number of aliphatic imine (C=N–C) groups is 1. The van der Waals surface area contributed by atoms with Crippen LogP contribution in [-0.4, -0.2) is 29.3 Å². The molecule has 5 heteroatoms. The minimum Gasteiger partial charge on any atom is -0.513 e. The molecule has 0 aromatic heterocycles. The zero-order valence-electron chi connectivity index (χ0n) is 15.2. The highest BCUT2D eigenvalue weighted by Gasteiger charge is 1.90. The van der Waals surface area contributed by atoms with Crippen LogP contribution in [0.1, 0.15) is 61.3 Å². The molecule has 0 aliphatic carbocycles. The van der Waals surface area contributed by atoms with Crippen molar-refractivity contribution < 1.29 is 10.2 Å². The van der Waals surface area contributed by atoms with Crippen molar-refractivity contribution in [2.45, 2.75) is 61.3 Å². The largest absolute Gasteiger partial charge is 0.513 e. The van der Waals surface area contributed by atoms with Crippen LogP contribution in [-0.2, 0) is 0 Å². The quantitative estimate of drug-likeness (QED) is 0.355. The van der Waals surface area contributed by atoms with E-state index in [1.165, 1.54) is 6.92 Å². The fourth-order valence-corrected chi connectivity index (χ4v) is 0.710. The van der Waals surface area contributed by atoms with E-state index in [1.807, 2.05) is 13.8 Å². The van der Waals surface area contributed by atoms with Gasteiger partial charge in [-0.1, -0.05) is 48.1 Å². The number of aliphatic hydroxyl groups excluding tert-OH is 2. The molecular weight excluding hydrogens is 266 g/mol. The molecule has 0 atom stereocenters. The summed E-state index contributed by atoms with van der Waals surface area (Å²) in [6.07, 6.45) is 1.98. The maximum atomic E-state index is 8.24. The number of hydrogen-bond donors (Lipinski definition) is 4. The summed E-state index contributed by atoms with van der Waals surface area (Å²) < 4.78 is 0. The first-order valence-corrected chi connectivity index (χ1v) is 7.64. The number of nitrogens with zero attached hydrogens (tertiary/aromatic N) is 1. The average Bonchev–Trinajstić information content (AvgIpc) is 2.30. The first-order chi connectivity index (χ1) is 9.63. The second-order valence-corrected chi connectivity index (χ2v) is 5.13. The van der Waals surface area contributed by atoms with E-state index >= 15 is 0 Å². The maximum Gasteiger partial charge on any atom is 0.185 e. The molecule has 0 unspecified atom stereocenters. The molecule has 0 aliphatic heterocycles. The molecule has 0 saturated heterocycles. The lowest BCUT2D eigenvalue weighted by atomic mass is 10.1. The molecule has 0 fully saturated rings. The lowest BCUT2D eigenvalue weighted by Gasteiger charge is -1.98. The van der Waals surface area contributed by atoms with E-state index < -0.39 is 0 Å². The van der Waals surface area contributed by atoms with Crippen LogP contribution in [0.3, 0.4) is 0 Å². The summed E-state index contributed by atoms with van der Waals surface area (Å²) in [4.78, 5) is 3.84. The number of hydrogen-bond acceptors (Lipinski definition) is 3. The number of guanidine groups is 1. The van der Waals surface area contributed by atoms with Gasteiger partial charge in [0.25, 0.3) is 0 Å². The highest BCUT2D eigenvalue weighted by atomic mass is 16.3. The molecule has 130 valence electrons. The summed E-state index contributed by atoms with van der Waals surface area (Å²) in [7, 11) is 0. The second-order valence-electron chi connectivity index (χ2n) is 5.13. The van der Waals surface area contributed by atoms with Gasteiger partial charge in [0.05, 0.1) is 5.76 Å². The van der Waals surface area contributed by atoms with Gasteiger partial charge in [-0.15, -0.1) is 0 Å². The lowest BCUT2D eigenvalue weighted by Crippen LogP contribution is -2.23. The van der Waals surface area contributed by atoms with Gasteiger partial charge >= 0.3 is 0 Å². The van der Waals surface area contributed by atoms with Crippen LogP contribution in [0.15, 0.2) is 17.3 Å². The molecule has 0 amide bonds. The monoisotopic (exact) mass is 305 g/mol. The van der Waals surface area contributed by atoms with Crippen molar-refractivity contribution >= 4 is 5.96 Å². The van der Waals surface area contributed by atoms with E-state index in [2.05, 4.69) is 39.3 Å². The molecular formula is C16H39N3O2. The van der Waals surface area contributed by atoms with Crippen molar-refractivity contribution in [2.75, 3.05) is 13.2 Å². The first kappa shape index (κ1) is 28.0. The molecule has 0 aromatic rings. The Morgan fingerprint density at radius 3 is 1.52 bits per heavy atom. The molecule has 6 N–H and O–H groups in total. The van der Waals surface area contributed by atoms with E-state index in [-0.39, 0.29) is 11.7 Å². The van der Waals surface area contributed by atoms with Gasteiger partial charge in [0.2, 0.25) is 0 Å². The molecule has 0 aliphatic rings. The van der Waals surface area contributed by atoms with Crippen molar-refractivity contribution in [2.24, 2.45) is 28.3 Å². The Kier molecular flexibility index (Phi) is 31.8. The minimum absolute atomic E-state index is 0.167. The van der Waals surface area contributed by atoms with Crippen molar-refractivity contribution in [1.29, 1.82) is 0 Å². The third-order valence-corrected chi connectivity index (χ3v) is 1.71. The molecule has 0 bridgehead atoms. The Hall–Kier alpha value is -1.23. The SMILES string of the molecule is C=C(C)O.CC.CC(C)CCN=C(N)N.CC(C)CCO. The minimum atomic E-state index is 0.167. The van der Waals surface area contributed by atoms with Gasteiger partial charge in [-0.25, -0.2) is 0 Å². The van der Waals surface area contributed by atoms with Crippen LogP contribution < -0.4 is 11.5 Å². The topological polar surface area (TPSA) is 105 Å². The van der Waals surface area contributed by atoms with Crippen molar-refractivity contribution in [3.05, 3.63) is 12.3 Å². The summed E-state index contributed by atoms with van der Waals surface area (Å²) in [5, 5.41) is 16.1. The fourth-order valence-electron chi connectivity index (χ4n) is 0.710. The predicted molar refractivity (Wildman–Crippen MR) is 95.5 cm³/mol. The molecule has 0 heterocycles. The van der Waals surface area contributed by atoms with Crippen LogP contribution >= 0.6 is 0 Å². The van der Waals surface area contributed by atoms with Crippen LogP contribution in [0.4, 0.5) is 0 Å². The molecule has 0 saturated carbocycles. The Bertz CT molecular complexity index is 220. The van der Waals surface area contributed by atoms with Gasteiger partial charge in [-0.3, -0.25) is 4.99 Å². The maximum absolute atomic E-state index is 8.24. The number of nitrogens with two attached hydrogens (primary N) is 2. The van der Waals surface area contributed by atoms with Crippen LogP contribution in [0.2, 0.25) is 0 Å². The highest BCUT2D eigenvalue weighted by molar-refractivity contribution is 5.75. The zero-order valence-corrected chi connectivity index (χ0v) is 15.2. The Balaban J connectivity index is -0.000000104. The number of rotatable bonds is 5. The van der Waals surface area contributed by atoms with Gasteiger partial charge in [0, 0.05) is 13.2 Å². The summed E-state index contributed by atoms with van der Waals surface area (Å²) >= 11 is 0. The molecule has 0 radical (unpaired) electrons. The molecule has 5 nitrogen and oxygen atoms in total. The summed E-state index contributed by atoms with van der Waals surface area (Å²) in [5.74, 6) is 1.68. The van der Waals surface area contributed by atoms with E-state index in [0.29, 0.717) is 18.4 Å². The van der Waals surface area contributed by atoms with Crippen LogP contribution in [0.5, 0.6) is 0 Å². The standard InChI is InChI=1S/C6H15N3.C5H12O.C3H6O.C2H6/c1-5(2)3-4-9-6(7)8;1-5(2)3-4-6;1-3(2)4;1-2/h5H,3-4H2,1-2H3,(H4,7,8,9);5-6H,3-4H2,1-2H3;4H,1H2,2H3;1-2H3. The third-order valence-electron chi connectivity index (χ3n) is 1.71. The van der Waals surface area contributed by atoms with Gasteiger partial charge in [-0.2, -0.15) is 0 Å². The average molecular weight is 306 g/mol. The van der Waals surface area contributed by atoms with Crippen molar-refractivity contribution in [3.63, 3.8) is 0 Å². The highest BCUT2D eigenvalue weighted by Crippen LogP contribution is 1.97. The van der Waals surface area contributed by atoms with Crippen molar-refractivity contribution in [1.82, 2.24) is 0 Å². The molecule has 0 aromatic carbocycles. The summed E-state index contributed by atoms with van der Waals surface area (Å²) in [5.41, 5.74) is 10.2. The second kappa shape index (κ2) is 23.8. The normalized spacial score (nSPS) is 8.48. The lowest BCUT2D eigenvalue weighted by molar-refractivity contribution is 0.268. The molecule has 21 heavy (non-hydrogen) atoms. The number of allylic oxidation sites excluding steroid dienone is 1. The van der Waals surface area contributed by atoms with Gasteiger partial charge < -0.3 is 21.7 Å². The van der Waals surface area contributed by atoms with Gasteiger partial charge in [0.1, 0.15) is 0 Å². The van der Waals surface area contributed by atoms with E-state index in [4.69, 9.17) is 21.7 Å². The van der Waals surface area contributed by atoms with E-state index in [9.17, 15) is 0 Å². The van der Waals surface area contributed by atoms with Gasteiger partial charge in [0.15, 0.2) is 5.96 Å². The van der Waals surface area contributed by atoms with Crippen LogP contribution in [0.25, 0.3) is 0 Å². The summed E-state index contributed by atoms with van der Waals surface area (Å²) in [6, 6.07) is 0. The summed E-state index contributed by atoms with van der Waals surface area (Å²) in [6.45, 7) is 18.2. The van der Waals surface area contributed by atoms with Gasteiger partial charge in [-0.05, 0) is 31.6 Å². The Morgan fingerprint density at radius 2 is 1.38 bits per heavy atom. The fraction of sp³-hybridized carbons (Fsp3) is 0.812. The van der Waals surface area contributed by atoms with Crippen LogP contribution in [0, 0.1) is 11.8 Å². The van der Waals surface area contributed by atoms with E-state index in [0.717, 1.165) is 19.4 Å².